The smallest absolute Gasteiger partial charge is 0.329 e. The molecule has 1 unspecified atom stereocenters. The Morgan fingerprint density at radius 1 is 1.45 bits per heavy atom. The minimum atomic E-state index is -1.18. The van der Waals surface area contributed by atoms with Gasteiger partial charge in [0.1, 0.15) is 13.2 Å². The van der Waals surface area contributed by atoms with E-state index >= 15 is 0 Å². The molecule has 1 heterocycles. The molecular formula is C11H15N3O5S. The topological polar surface area (TPSA) is 118 Å². The van der Waals surface area contributed by atoms with Crippen molar-refractivity contribution in [3.8, 4) is 0 Å². The normalized spacial score (nSPS) is 11.7. The summed E-state index contributed by atoms with van der Waals surface area (Å²) in [6, 6.07) is -0.655. The van der Waals surface area contributed by atoms with E-state index in [1.54, 1.807) is 6.20 Å². The Hall–Kier alpha value is -2.00. The van der Waals surface area contributed by atoms with E-state index in [0.717, 1.165) is 5.01 Å². The van der Waals surface area contributed by atoms with Crippen molar-refractivity contribution >= 4 is 29.2 Å². The number of aliphatic carboxylic acids is 1. The number of hydrogen-bond acceptors (Lipinski definition) is 6. The van der Waals surface area contributed by atoms with Crippen LogP contribution in [0.2, 0.25) is 0 Å². The van der Waals surface area contributed by atoms with Crippen LogP contribution in [-0.4, -0.2) is 47.8 Å². The van der Waals surface area contributed by atoms with E-state index in [9.17, 15) is 14.4 Å². The molecule has 0 radical (unpaired) electrons. The fraction of sp³-hybridized carbons (Fsp3) is 0.455. The van der Waals surface area contributed by atoms with Gasteiger partial charge in [-0.25, -0.2) is 14.6 Å². The number of hydrogen-bond donors (Lipinski definition) is 3. The van der Waals surface area contributed by atoms with Gasteiger partial charge in [0.05, 0.1) is 5.01 Å². The lowest BCUT2D eigenvalue weighted by molar-refractivity contribution is -0.143. The summed E-state index contributed by atoms with van der Waals surface area (Å²) in [7, 11) is 0. The largest absolute Gasteiger partial charge is 0.480 e. The molecule has 110 valence electrons. The molecule has 1 atom stereocenters. The highest BCUT2D eigenvalue weighted by Gasteiger charge is 2.12. The van der Waals surface area contributed by atoms with Crippen LogP contribution in [0.5, 0.6) is 0 Å². The zero-order valence-corrected chi connectivity index (χ0v) is 11.6. The maximum Gasteiger partial charge on any atom is 0.329 e. The number of ether oxygens (including phenoxy) is 1. The molecule has 0 saturated carbocycles. The number of carbonyl (C=O) groups excluding carboxylic acids is 2. The van der Waals surface area contributed by atoms with Crippen molar-refractivity contribution in [2.45, 2.75) is 12.8 Å². The molecule has 0 spiro atoms. The van der Waals surface area contributed by atoms with E-state index in [1.807, 2.05) is 17.6 Å². The van der Waals surface area contributed by atoms with Crippen LogP contribution in [0.4, 0.5) is 4.79 Å². The van der Waals surface area contributed by atoms with E-state index in [-0.39, 0.29) is 5.92 Å². The first-order chi connectivity index (χ1) is 9.49. The lowest BCUT2D eigenvalue weighted by atomic mass is 10.2. The molecule has 20 heavy (non-hydrogen) atoms. The summed E-state index contributed by atoms with van der Waals surface area (Å²) >= 11 is 1.49. The molecular weight excluding hydrogens is 286 g/mol. The number of thiazole rings is 1. The molecule has 0 aliphatic rings. The molecule has 3 N–H and O–H groups in total. The van der Waals surface area contributed by atoms with Gasteiger partial charge >= 0.3 is 12.0 Å². The predicted molar refractivity (Wildman–Crippen MR) is 70.5 cm³/mol. The molecule has 1 aromatic rings. The Morgan fingerprint density at radius 2 is 2.20 bits per heavy atom. The van der Waals surface area contributed by atoms with Crippen molar-refractivity contribution in [2.24, 2.45) is 0 Å². The van der Waals surface area contributed by atoms with Gasteiger partial charge in [0, 0.05) is 24.0 Å². The summed E-state index contributed by atoms with van der Waals surface area (Å²) in [5, 5.41) is 15.6. The number of carbonyl (C=O) groups is 3. The molecule has 0 aliphatic heterocycles. The highest BCUT2D eigenvalue weighted by atomic mass is 32.1. The Bertz CT molecular complexity index is 463. The average molecular weight is 301 g/mol. The lowest BCUT2D eigenvalue weighted by Crippen LogP contribution is -2.42. The number of nitrogens with zero attached hydrogens (tertiary/aromatic N) is 1. The second kappa shape index (κ2) is 8.23. The number of amides is 3. The van der Waals surface area contributed by atoms with Crippen molar-refractivity contribution < 1.29 is 24.2 Å². The first-order valence-corrected chi connectivity index (χ1v) is 6.63. The number of imide groups is 1. The number of carboxylic acid groups (broad SMARTS) is 1. The van der Waals surface area contributed by atoms with Crippen molar-refractivity contribution in [3.05, 3.63) is 16.6 Å². The summed E-state index contributed by atoms with van der Waals surface area (Å²) in [5.41, 5.74) is 0. The fourth-order valence-electron chi connectivity index (χ4n) is 1.25. The zero-order chi connectivity index (χ0) is 15.0. The van der Waals surface area contributed by atoms with E-state index in [1.165, 1.54) is 11.3 Å². The molecule has 8 nitrogen and oxygen atoms in total. The van der Waals surface area contributed by atoms with E-state index in [0.29, 0.717) is 6.54 Å². The van der Waals surface area contributed by atoms with Crippen molar-refractivity contribution in [1.82, 2.24) is 15.6 Å². The third kappa shape index (κ3) is 6.25. The predicted octanol–water partition coefficient (Wildman–Crippen LogP) is 0.174. The van der Waals surface area contributed by atoms with Crippen LogP contribution in [0, 0.1) is 0 Å². The van der Waals surface area contributed by atoms with Crippen molar-refractivity contribution in [1.29, 1.82) is 0 Å². The zero-order valence-electron chi connectivity index (χ0n) is 10.8. The van der Waals surface area contributed by atoms with E-state index in [4.69, 9.17) is 5.11 Å². The van der Waals surface area contributed by atoms with Crippen LogP contribution < -0.4 is 10.6 Å². The molecule has 0 fully saturated rings. The summed E-state index contributed by atoms with van der Waals surface area (Å²) in [6.45, 7) is 1.16. The van der Waals surface area contributed by atoms with E-state index in [2.05, 4.69) is 15.0 Å². The van der Waals surface area contributed by atoms with Crippen LogP contribution in [0.15, 0.2) is 11.6 Å². The van der Waals surface area contributed by atoms with Gasteiger partial charge in [0.15, 0.2) is 0 Å². The monoisotopic (exact) mass is 301 g/mol. The Balaban J connectivity index is 2.19. The molecule has 9 heteroatoms. The van der Waals surface area contributed by atoms with Crippen LogP contribution in [0.1, 0.15) is 17.8 Å². The molecule has 0 aliphatic carbocycles. The number of urea groups is 1. The number of aromatic nitrogens is 1. The summed E-state index contributed by atoms with van der Waals surface area (Å²) in [5.74, 6) is -1.84. The van der Waals surface area contributed by atoms with Crippen LogP contribution in [-0.2, 0) is 14.3 Å². The van der Waals surface area contributed by atoms with Gasteiger partial charge in [0.25, 0.3) is 5.91 Å². The fourth-order valence-corrected chi connectivity index (χ4v) is 1.95. The number of carboxylic acids is 1. The third-order valence-electron chi connectivity index (χ3n) is 2.15. The summed E-state index contributed by atoms with van der Waals surface area (Å²) in [6.07, 6.45) is 1.68. The van der Waals surface area contributed by atoms with Crippen LogP contribution in [0.3, 0.4) is 0 Å². The first-order valence-electron chi connectivity index (χ1n) is 5.75. The average Bonchev–Trinajstić information content (AvgIpc) is 2.89. The Morgan fingerprint density at radius 3 is 2.80 bits per heavy atom. The number of rotatable bonds is 7. The minimum Gasteiger partial charge on any atom is -0.480 e. The highest BCUT2D eigenvalue weighted by molar-refractivity contribution is 7.09. The summed E-state index contributed by atoms with van der Waals surface area (Å²) in [4.78, 5) is 36.9. The molecule has 0 saturated heterocycles. The third-order valence-corrected chi connectivity index (χ3v) is 3.16. The molecule has 0 aromatic carbocycles. The van der Waals surface area contributed by atoms with Gasteiger partial charge in [-0.3, -0.25) is 10.1 Å². The Labute approximate surface area is 119 Å². The van der Waals surface area contributed by atoms with Crippen molar-refractivity contribution in [3.63, 3.8) is 0 Å². The number of nitrogens with one attached hydrogen (secondary N) is 2. The Kier molecular flexibility index (Phi) is 6.60. The molecule has 1 aromatic heterocycles. The van der Waals surface area contributed by atoms with Gasteiger partial charge in [-0.1, -0.05) is 6.92 Å². The molecule has 0 bridgehead atoms. The minimum absolute atomic E-state index is 0.0408. The second-order valence-corrected chi connectivity index (χ2v) is 4.84. The molecule has 1 rings (SSSR count). The SMILES string of the molecule is CC(CNC(=O)NC(=O)COCC(=O)O)c1nccs1. The first kappa shape index (κ1) is 16.1. The van der Waals surface area contributed by atoms with Gasteiger partial charge in [-0.15, -0.1) is 11.3 Å². The van der Waals surface area contributed by atoms with E-state index < -0.39 is 31.1 Å². The van der Waals surface area contributed by atoms with Crippen molar-refractivity contribution in [2.75, 3.05) is 19.8 Å². The standard InChI is InChI=1S/C11H15N3O5S/c1-7(10-12-2-3-20-10)4-13-11(18)14-8(15)5-19-6-9(16)17/h2-3,7H,4-6H2,1H3,(H,16,17)(H2,13,14,15,18). The van der Waals surface area contributed by atoms with Gasteiger partial charge in [0.2, 0.25) is 0 Å². The van der Waals surface area contributed by atoms with Crippen LogP contribution >= 0.6 is 11.3 Å². The maximum atomic E-state index is 11.4. The van der Waals surface area contributed by atoms with Gasteiger partial charge in [-0.2, -0.15) is 0 Å². The van der Waals surface area contributed by atoms with Gasteiger partial charge in [-0.05, 0) is 0 Å². The quantitative estimate of drug-likeness (QED) is 0.661. The van der Waals surface area contributed by atoms with Gasteiger partial charge < -0.3 is 15.2 Å². The lowest BCUT2D eigenvalue weighted by Gasteiger charge is -2.10. The van der Waals surface area contributed by atoms with Crippen LogP contribution in [0.25, 0.3) is 0 Å². The molecule has 3 amide bonds. The summed E-state index contributed by atoms with van der Waals surface area (Å²) < 4.78 is 4.54. The second-order valence-electron chi connectivity index (χ2n) is 3.92. The highest BCUT2D eigenvalue weighted by Crippen LogP contribution is 2.16. The maximum absolute atomic E-state index is 11.4.